The molecular formula is C22H29FN2O4. The molecule has 1 atom stereocenters. The molecule has 4 rings (SSSR count). The van der Waals surface area contributed by atoms with Crippen molar-refractivity contribution in [2.75, 3.05) is 26.3 Å². The number of amides is 2. The summed E-state index contributed by atoms with van der Waals surface area (Å²) in [7, 11) is 0. The zero-order valence-electron chi connectivity index (χ0n) is 16.9. The first-order valence-corrected chi connectivity index (χ1v) is 10.5. The van der Waals surface area contributed by atoms with Crippen molar-refractivity contribution < 1.29 is 23.5 Å². The first kappa shape index (κ1) is 20.1. The average Bonchev–Trinajstić information content (AvgIpc) is 3.53. The fourth-order valence-corrected chi connectivity index (χ4v) is 4.68. The van der Waals surface area contributed by atoms with Gasteiger partial charge in [-0.05, 0) is 62.8 Å². The van der Waals surface area contributed by atoms with E-state index in [0.717, 1.165) is 38.5 Å². The van der Waals surface area contributed by atoms with Crippen molar-refractivity contribution in [3.05, 3.63) is 30.1 Å². The molecule has 0 N–H and O–H groups in total. The van der Waals surface area contributed by atoms with E-state index in [1.54, 1.807) is 6.92 Å². The fourth-order valence-electron chi connectivity index (χ4n) is 4.68. The molecule has 2 saturated heterocycles. The van der Waals surface area contributed by atoms with Crippen molar-refractivity contribution in [1.29, 1.82) is 0 Å². The van der Waals surface area contributed by atoms with E-state index < -0.39 is 0 Å². The zero-order valence-corrected chi connectivity index (χ0v) is 16.9. The van der Waals surface area contributed by atoms with Crippen LogP contribution >= 0.6 is 0 Å². The monoisotopic (exact) mass is 404 g/mol. The molecule has 3 fully saturated rings. The van der Waals surface area contributed by atoms with Crippen molar-refractivity contribution in [1.82, 2.24) is 9.80 Å². The molecule has 158 valence electrons. The Bertz CT molecular complexity index is 742. The molecule has 1 spiro atoms. The Balaban J connectivity index is 1.29. The minimum absolute atomic E-state index is 0.0537. The predicted molar refractivity (Wildman–Crippen MR) is 105 cm³/mol. The number of hydrogen-bond acceptors (Lipinski definition) is 4. The second-order valence-electron chi connectivity index (χ2n) is 8.46. The molecule has 0 radical (unpaired) electrons. The normalized spacial score (nSPS) is 23.7. The van der Waals surface area contributed by atoms with E-state index in [4.69, 9.17) is 9.47 Å². The number of rotatable bonds is 5. The molecule has 1 saturated carbocycles. The summed E-state index contributed by atoms with van der Waals surface area (Å²) in [5.41, 5.74) is -0.236. The largest absolute Gasteiger partial charge is 0.484 e. The fraction of sp³-hybridized carbons (Fsp3) is 0.636. The topological polar surface area (TPSA) is 59.1 Å². The van der Waals surface area contributed by atoms with E-state index in [0.29, 0.717) is 31.5 Å². The van der Waals surface area contributed by atoms with Crippen LogP contribution in [0.2, 0.25) is 0 Å². The van der Waals surface area contributed by atoms with Gasteiger partial charge in [-0.3, -0.25) is 9.59 Å². The molecule has 1 aliphatic carbocycles. The lowest BCUT2D eigenvalue weighted by Gasteiger charge is -2.48. The van der Waals surface area contributed by atoms with Gasteiger partial charge in [0.15, 0.2) is 6.61 Å². The predicted octanol–water partition coefficient (Wildman–Crippen LogP) is 2.76. The molecule has 3 aliphatic rings. The van der Waals surface area contributed by atoms with Gasteiger partial charge in [0.1, 0.15) is 11.6 Å². The minimum atomic E-state index is -0.333. The number of hydrogen-bond donors (Lipinski definition) is 0. The lowest BCUT2D eigenvalue weighted by molar-refractivity contribution is -0.155. The van der Waals surface area contributed by atoms with Crippen LogP contribution in [0, 0.1) is 5.82 Å². The molecule has 1 unspecified atom stereocenters. The van der Waals surface area contributed by atoms with Gasteiger partial charge < -0.3 is 19.3 Å². The van der Waals surface area contributed by atoms with Crippen LogP contribution in [0.1, 0.15) is 45.4 Å². The van der Waals surface area contributed by atoms with E-state index in [-0.39, 0.29) is 35.9 Å². The van der Waals surface area contributed by atoms with Crippen LogP contribution < -0.4 is 4.74 Å². The van der Waals surface area contributed by atoms with E-state index in [9.17, 15) is 14.0 Å². The quantitative estimate of drug-likeness (QED) is 0.757. The second kappa shape index (κ2) is 8.30. The maximum absolute atomic E-state index is 13.0. The maximum Gasteiger partial charge on any atom is 0.260 e. The number of ether oxygens (including phenoxy) is 2. The van der Waals surface area contributed by atoms with Crippen molar-refractivity contribution in [3.8, 4) is 5.75 Å². The molecule has 2 aliphatic heterocycles. The Hall–Kier alpha value is -2.15. The van der Waals surface area contributed by atoms with Gasteiger partial charge in [0.2, 0.25) is 5.91 Å². The van der Waals surface area contributed by atoms with E-state index in [1.807, 2.05) is 4.90 Å². The molecule has 29 heavy (non-hydrogen) atoms. The molecule has 0 bridgehead atoms. The van der Waals surface area contributed by atoms with Crippen molar-refractivity contribution in [2.45, 2.75) is 63.1 Å². The van der Waals surface area contributed by atoms with Crippen molar-refractivity contribution in [2.24, 2.45) is 0 Å². The van der Waals surface area contributed by atoms with Gasteiger partial charge in [0.05, 0.1) is 5.60 Å². The highest BCUT2D eigenvalue weighted by Crippen LogP contribution is 2.40. The summed E-state index contributed by atoms with van der Waals surface area (Å²) in [5, 5.41) is 0. The summed E-state index contributed by atoms with van der Waals surface area (Å²) in [6.07, 6.45) is 5.54. The Morgan fingerprint density at radius 3 is 2.48 bits per heavy atom. The summed E-state index contributed by atoms with van der Waals surface area (Å²) in [5.74, 6) is 0.247. The van der Waals surface area contributed by atoms with Crippen LogP contribution in [0.5, 0.6) is 5.75 Å². The van der Waals surface area contributed by atoms with Gasteiger partial charge in [-0.15, -0.1) is 0 Å². The standard InChI is InChI=1S/C22H29FN2O4/c1-16(26)25(18-4-5-18)19-8-13-29-22(14-19)9-11-24(12-10-22)21(27)15-28-20-6-2-17(23)3-7-20/h2-3,6-7,18-19H,4-5,8-15H2,1H3. The lowest BCUT2D eigenvalue weighted by Crippen LogP contribution is -2.56. The third kappa shape index (κ3) is 4.71. The lowest BCUT2D eigenvalue weighted by atomic mass is 9.81. The highest BCUT2D eigenvalue weighted by atomic mass is 19.1. The third-order valence-corrected chi connectivity index (χ3v) is 6.37. The zero-order chi connectivity index (χ0) is 20.4. The molecule has 2 amide bonds. The minimum Gasteiger partial charge on any atom is -0.484 e. The van der Waals surface area contributed by atoms with Crippen LogP contribution in [0.3, 0.4) is 0 Å². The van der Waals surface area contributed by atoms with E-state index in [1.165, 1.54) is 24.3 Å². The van der Waals surface area contributed by atoms with Crippen LogP contribution in [-0.4, -0.2) is 65.6 Å². The van der Waals surface area contributed by atoms with Gasteiger partial charge in [0, 0.05) is 38.7 Å². The smallest absolute Gasteiger partial charge is 0.260 e. The van der Waals surface area contributed by atoms with Crippen LogP contribution in [0.25, 0.3) is 0 Å². The van der Waals surface area contributed by atoms with E-state index in [2.05, 4.69) is 4.90 Å². The van der Waals surface area contributed by atoms with Crippen molar-refractivity contribution in [3.63, 3.8) is 0 Å². The molecule has 7 heteroatoms. The van der Waals surface area contributed by atoms with Gasteiger partial charge in [-0.1, -0.05) is 0 Å². The number of piperidine rings is 1. The molecule has 1 aromatic rings. The Labute approximate surface area is 170 Å². The summed E-state index contributed by atoms with van der Waals surface area (Å²) >= 11 is 0. The summed E-state index contributed by atoms with van der Waals surface area (Å²) in [4.78, 5) is 28.5. The van der Waals surface area contributed by atoms with Gasteiger partial charge in [0.25, 0.3) is 5.91 Å². The van der Waals surface area contributed by atoms with Gasteiger partial charge in [-0.25, -0.2) is 4.39 Å². The number of halogens is 1. The maximum atomic E-state index is 13.0. The molecular weight excluding hydrogens is 375 g/mol. The van der Waals surface area contributed by atoms with Crippen LogP contribution in [0.4, 0.5) is 4.39 Å². The number of likely N-dealkylation sites (tertiary alicyclic amines) is 1. The Kier molecular flexibility index (Phi) is 5.76. The highest BCUT2D eigenvalue weighted by molar-refractivity contribution is 5.78. The summed E-state index contributed by atoms with van der Waals surface area (Å²) in [6.45, 7) is 3.54. The SMILES string of the molecule is CC(=O)N(C1CC1)C1CCOC2(CCN(C(=O)COc3ccc(F)cc3)CC2)C1. The summed E-state index contributed by atoms with van der Waals surface area (Å²) < 4.78 is 24.6. The Morgan fingerprint density at radius 2 is 1.86 bits per heavy atom. The van der Waals surface area contributed by atoms with Crippen LogP contribution in [0.15, 0.2) is 24.3 Å². The average molecular weight is 404 g/mol. The van der Waals surface area contributed by atoms with Gasteiger partial charge in [-0.2, -0.15) is 0 Å². The van der Waals surface area contributed by atoms with Crippen LogP contribution in [-0.2, 0) is 14.3 Å². The number of carbonyl (C=O) groups is 2. The first-order valence-electron chi connectivity index (χ1n) is 10.5. The molecule has 2 heterocycles. The first-order chi connectivity index (χ1) is 14.0. The highest BCUT2D eigenvalue weighted by Gasteiger charge is 2.45. The molecule has 0 aromatic heterocycles. The number of benzene rings is 1. The number of carbonyl (C=O) groups excluding carboxylic acids is 2. The number of nitrogens with zero attached hydrogens (tertiary/aromatic N) is 2. The third-order valence-electron chi connectivity index (χ3n) is 6.37. The van der Waals surface area contributed by atoms with Crippen molar-refractivity contribution >= 4 is 11.8 Å². The molecule has 1 aromatic carbocycles. The molecule has 6 nitrogen and oxygen atoms in total. The summed E-state index contributed by atoms with van der Waals surface area (Å²) in [6, 6.07) is 6.32. The second-order valence-corrected chi connectivity index (χ2v) is 8.46. The van der Waals surface area contributed by atoms with Gasteiger partial charge >= 0.3 is 0 Å². The Morgan fingerprint density at radius 1 is 1.17 bits per heavy atom. The van der Waals surface area contributed by atoms with E-state index >= 15 is 0 Å².